The van der Waals surface area contributed by atoms with Crippen LogP contribution in [0.25, 0.3) is 0 Å². The third-order valence-electron chi connectivity index (χ3n) is 3.48. The van der Waals surface area contributed by atoms with E-state index in [4.69, 9.17) is 23.2 Å². The molecule has 0 saturated carbocycles. The molecule has 3 rings (SSSR count). The summed E-state index contributed by atoms with van der Waals surface area (Å²) in [6, 6.07) is 5.36. The Hall–Kier alpha value is -1.72. The van der Waals surface area contributed by atoms with Crippen molar-refractivity contribution in [2.24, 2.45) is 0 Å². The molecule has 1 aliphatic heterocycles. The number of carbonyl (C=O) groups excluding carboxylic acids is 1. The predicted octanol–water partition coefficient (Wildman–Crippen LogP) is 2.68. The fraction of sp³-hybridized carbons (Fsp3) is 0.286. The van der Waals surface area contributed by atoms with Crippen LogP contribution < -0.4 is 4.90 Å². The summed E-state index contributed by atoms with van der Waals surface area (Å²) in [5.74, 6) is 0.861. The van der Waals surface area contributed by atoms with E-state index in [0.717, 1.165) is 18.9 Å². The lowest BCUT2D eigenvalue weighted by Crippen LogP contribution is -2.49. The van der Waals surface area contributed by atoms with Gasteiger partial charge in [0, 0.05) is 38.6 Å². The number of aromatic amines is 1. The van der Waals surface area contributed by atoms with Crippen molar-refractivity contribution in [1.29, 1.82) is 0 Å². The molecule has 1 aliphatic rings. The Morgan fingerprint density at radius 1 is 1.14 bits per heavy atom. The van der Waals surface area contributed by atoms with Gasteiger partial charge in [-0.1, -0.05) is 23.2 Å². The minimum Gasteiger partial charge on any atom is -0.356 e. The highest BCUT2D eigenvalue weighted by Gasteiger charge is 2.23. The van der Waals surface area contributed by atoms with Crippen LogP contribution in [0.15, 0.2) is 30.6 Å². The fourth-order valence-corrected chi connectivity index (χ4v) is 2.63. The molecule has 0 aromatic carbocycles. The standard InChI is InChI=1S/C14H14Cl2N4O/c15-10-1-2-13(18-8-10)19-3-5-20(6-4-19)14(21)12-7-11(16)9-17-12/h1-2,7-9,17H,3-6H2. The van der Waals surface area contributed by atoms with Crippen LogP contribution in [0.3, 0.4) is 0 Å². The first-order valence-electron chi connectivity index (χ1n) is 6.63. The second kappa shape index (κ2) is 5.95. The number of rotatable bonds is 2. The van der Waals surface area contributed by atoms with Gasteiger partial charge in [0.15, 0.2) is 0 Å². The highest BCUT2D eigenvalue weighted by Crippen LogP contribution is 2.17. The van der Waals surface area contributed by atoms with E-state index in [2.05, 4.69) is 14.9 Å². The van der Waals surface area contributed by atoms with Gasteiger partial charge in [-0.15, -0.1) is 0 Å². The minimum atomic E-state index is -0.0226. The van der Waals surface area contributed by atoms with Gasteiger partial charge in [0.2, 0.25) is 0 Å². The van der Waals surface area contributed by atoms with Crippen LogP contribution in [0, 0.1) is 0 Å². The number of nitrogens with zero attached hydrogens (tertiary/aromatic N) is 3. The third kappa shape index (κ3) is 3.14. The Morgan fingerprint density at radius 2 is 1.90 bits per heavy atom. The van der Waals surface area contributed by atoms with Gasteiger partial charge in [0.1, 0.15) is 11.5 Å². The Morgan fingerprint density at radius 3 is 2.48 bits per heavy atom. The lowest BCUT2D eigenvalue weighted by molar-refractivity contribution is 0.0741. The number of piperazine rings is 1. The molecule has 5 nitrogen and oxygen atoms in total. The van der Waals surface area contributed by atoms with E-state index in [0.29, 0.717) is 28.8 Å². The van der Waals surface area contributed by atoms with Crippen molar-refractivity contribution >= 4 is 34.9 Å². The predicted molar refractivity (Wildman–Crippen MR) is 83.2 cm³/mol. The highest BCUT2D eigenvalue weighted by molar-refractivity contribution is 6.31. The zero-order chi connectivity index (χ0) is 14.8. The molecule has 0 aliphatic carbocycles. The average Bonchev–Trinajstić information content (AvgIpc) is 2.94. The van der Waals surface area contributed by atoms with E-state index >= 15 is 0 Å². The molecule has 0 unspecified atom stereocenters. The van der Waals surface area contributed by atoms with E-state index in [-0.39, 0.29) is 5.91 Å². The Balaban J connectivity index is 1.62. The topological polar surface area (TPSA) is 52.2 Å². The summed E-state index contributed by atoms with van der Waals surface area (Å²) in [4.78, 5) is 23.4. The van der Waals surface area contributed by atoms with E-state index in [9.17, 15) is 4.79 Å². The van der Waals surface area contributed by atoms with Crippen LogP contribution in [-0.2, 0) is 0 Å². The number of hydrogen-bond donors (Lipinski definition) is 1. The Bertz CT molecular complexity index is 633. The maximum absolute atomic E-state index is 12.3. The van der Waals surface area contributed by atoms with Crippen molar-refractivity contribution in [3.8, 4) is 0 Å². The molecule has 1 fully saturated rings. The largest absolute Gasteiger partial charge is 0.356 e. The van der Waals surface area contributed by atoms with Crippen LogP contribution in [0.5, 0.6) is 0 Å². The monoisotopic (exact) mass is 324 g/mol. The Labute approximate surface area is 132 Å². The van der Waals surface area contributed by atoms with Crippen molar-refractivity contribution < 1.29 is 4.79 Å². The molecule has 0 radical (unpaired) electrons. The number of H-pyrrole nitrogens is 1. The molecule has 3 heterocycles. The summed E-state index contributed by atoms with van der Waals surface area (Å²) in [7, 11) is 0. The summed E-state index contributed by atoms with van der Waals surface area (Å²) in [5, 5.41) is 1.17. The molecule has 110 valence electrons. The number of pyridine rings is 1. The molecular formula is C14H14Cl2N4O. The zero-order valence-electron chi connectivity index (χ0n) is 11.2. The second-order valence-corrected chi connectivity index (χ2v) is 5.72. The van der Waals surface area contributed by atoms with Crippen molar-refractivity contribution in [2.45, 2.75) is 0 Å². The first kappa shape index (κ1) is 14.2. The van der Waals surface area contributed by atoms with Crippen molar-refractivity contribution in [3.63, 3.8) is 0 Å². The fourth-order valence-electron chi connectivity index (χ4n) is 2.36. The number of amides is 1. The molecule has 0 atom stereocenters. The van der Waals surface area contributed by atoms with Crippen LogP contribution in [0.2, 0.25) is 10.0 Å². The lowest BCUT2D eigenvalue weighted by atomic mass is 10.2. The molecule has 7 heteroatoms. The van der Waals surface area contributed by atoms with E-state index in [1.807, 2.05) is 17.0 Å². The number of carbonyl (C=O) groups is 1. The minimum absolute atomic E-state index is 0.0226. The first-order valence-corrected chi connectivity index (χ1v) is 7.39. The highest BCUT2D eigenvalue weighted by atomic mass is 35.5. The average molecular weight is 325 g/mol. The summed E-state index contributed by atoms with van der Waals surface area (Å²) in [6.45, 7) is 2.79. The van der Waals surface area contributed by atoms with Gasteiger partial charge in [-0.05, 0) is 18.2 Å². The van der Waals surface area contributed by atoms with E-state index in [1.54, 1.807) is 18.5 Å². The molecule has 0 bridgehead atoms. The van der Waals surface area contributed by atoms with E-state index < -0.39 is 0 Å². The number of nitrogens with one attached hydrogen (secondary N) is 1. The van der Waals surface area contributed by atoms with Crippen molar-refractivity contribution in [3.05, 3.63) is 46.3 Å². The Kier molecular flexibility index (Phi) is 4.03. The van der Waals surface area contributed by atoms with Gasteiger partial charge in [-0.25, -0.2) is 4.98 Å². The van der Waals surface area contributed by atoms with Crippen molar-refractivity contribution in [2.75, 3.05) is 31.1 Å². The summed E-state index contributed by atoms with van der Waals surface area (Å²) < 4.78 is 0. The van der Waals surface area contributed by atoms with Gasteiger partial charge in [-0.3, -0.25) is 4.79 Å². The molecule has 21 heavy (non-hydrogen) atoms. The quantitative estimate of drug-likeness (QED) is 0.924. The smallest absolute Gasteiger partial charge is 0.270 e. The molecule has 1 amide bonds. The number of aromatic nitrogens is 2. The van der Waals surface area contributed by atoms with Crippen LogP contribution >= 0.6 is 23.2 Å². The zero-order valence-corrected chi connectivity index (χ0v) is 12.7. The SMILES string of the molecule is O=C(c1cc(Cl)c[nH]1)N1CCN(c2ccc(Cl)cn2)CC1. The maximum atomic E-state index is 12.3. The third-order valence-corrected chi connectivity index (χ3v) is 3.92. The molecule has 2 aromatic heterocycles. The summed E-state index contributed by atoms with van der Waals surface area (Å²) in [5.41, 5.74) is 0.526. The molecule has 1 saturated heterocycles. The van der Waals surface area contributed by atoms with Gasteiger partial charge >= 0.3 is 0 Å². The van der Waals surface area contributed by atoms with E-state index in [1.165, 1.54) is 0 Å². The van der Waals surface area contributed by atoms with Gasteiger partial charge in [0.25, 0.3) is 5.91 Å². The number of halogens is 2. The molecule has 1 N–H and O–H groups in total. The van der Waals surface area contributed by atoms with Gasteiger partial charge in [-0.2, -0.15) is 0 Å². The number of anilines is 1. The molecule has 2 aromatic rings. The van der Waals surface area contributed by atoms with Crippen LogP contribution in [-0.4, -0.2) is 47.0 Å². The molecular weight excluding hydrogens is 311 g/mol. The van der Waals surface area contributed by atoms with Crippen LogP contribution in [0.4, 0.5) is 5.82 Å². The number of hydrogen-bond acceptors (Lipinski definition) is 3. The van der Waals surface area contributed by atoms with Gasteiger partial charge < -0.3 is 14.8 Å². The second-order valence-electron chi connectivity index (χ2n) is 4.85. The van der Waals surface area contributed by atoms with Crippen LogP contribution in [0.1, 0.15) is 10.5 Å². The normalized spacial score (nSPS) is 15.3. The molecule has 0 spiro atoms. The maximum Gasteiger partial charge on any atom is 0.270 e. The van der Waals surface area contributed by atoms with Gasteiger partial charge in [0.05, 0.1) is 10.0 Å². The first-order chi connectivity index (χ1) is 10.1. The summed E-state index contributed by atoms with van der Waals surface area (Å²) in [6.07, 6.45) is 3.25. The summed E-state index contributed by atoms with van der Waals surface area (Å²) >= 11 is 11.7. The lowest BCUT2D eigenvalue weighted by Gasteiger charge is -2.35. The van der Waals surface area contributed by atoms with Crippen molar-refractivity contribution in [1.82, 2.24) is 14.9 Å².